The molecule has 2 aromatic heterocycles. The van der Waals surface area contributed by atoms with Crippen molar-refractivity contribution in [2.75, 3.05) is 14.2 Å². The van der Waals surface area contributed by atoms with Gasteiger partial charge in [-0.2, -0.15) is 5.10 Å². The SMILES string of the molecule is COc1cccc(-c2nn(-c3ccc(C)cc3)cc2C(=O)NCc2ccc(OC)nc2)c1. The Balaban J connectivity index is 1.66. The molecule has 0 aliphatic heterocycles. The lowest BCUT2D eigenvalue weighted by molar-refractivity contribution is 0.0951. The van der Waals surface area contributed by atoms with E-state index in [0.29, 0.717) is 29.4 Å². The monoisotopic (exact) mass is 428 g/mol. The Bertz CT molecular complexity index is 1210. The molecule has 2 aromatic carbocycles. The van der Waals surface area contributed by atoms with Crippen LogP contribution in [0.15, 0.2) is 73.1 Å². The number of methoxy groups -OCH3 is 2. The third kappa shape index (κ3) is 4.62. The summed E-state index contributed by atoms with van der Waals surface area (Å²) >= 11 is 0. The minimum absolute atomic E-state index is 0.225. The fourth-order valence-electron chi connectivity index (χ4n) is 3.27. The first-order chi connectivity index (χ1) is 15.6. The summed E-state index contributed by atoms with van der Waals surface area (Å²) in [6, 6.07) is 19.1. The highest BCUT2D eigenvalue weighted by Gasteiger charge is 2.19. The van der Waals surface area contributed by atoms with Crippen molar-refractivity contribution in [2.45, 2.75) is 13.5 Å². The van der Waals surface area contributed by atoms with Crippen molar-refractivity contribution in [3.05, 3.63) is 89.7 Å². The number of aryl methyl sites for hydroxylation is 1. The van der Waals surface area contributed by atoms with Crippen molar-refractivity contribution in [1.29, 1.82) is 0 Å². The molecule has 0 radical (unpaired) electrons. The minimum Gasteiger partial charge on any atom is -0.497 e. The van der Waals surface area contributed by atoms with Gasteiger partial charge in [0, 0.05) is 30.6 Å². The maximum absolute atomic E-state index is 13.1. The Morgan fingerprint density at radius 3 is 2.53 bits per heavy atom. The average molecular weight is 428 g/mol. The number of amides is 1. The van der Waals surface area contributed by atoms with Gasteiger partial charge in [-0.05, 0) is 36.8 Å². The molecule has 0 atom stereocenters. The Hall–Kier alpha value is -4.13. The van der Waals surface area contributed by atoms with Crippen LogP contribution in [0.25, 0.3) is 16.9 Å². The lowest BCUT2D eigenvalue weighted by Crippen LogP contribution is -2.23. The molecule has 4 aromatic rings. The number of pyridine rings is 1. The van der Waals surface area contributed by atoms with Crippen LogP contribution in [0.5, 0.6) is 11.6 Å². The standard InChI is InChI=1S/C25H24N4O3/c1-17-7-10-20(11-8-17)29-16-22(24(28-29)19-5-4-6-21(13-19)31-2)25(30)27-15-18-9-12-23(32-3)26-14-18/h4-14,16H,15H2,1-3H3,(H,27,30). The van der Waals surface area contributed by atoms with Crippen molar-refractivity contribution >= 4 is 5.91 Å². The van der Waals surface area contributed by atoms with Gasteiger partial charge < -0.3 is 14.8 Å². The van der Waals surface area contributed by atoms with Crippen LogP contribution >= 0.6 is 0 Å². The maximum Gasteiger partial charge on any atom is 0.255 e. The van der Waals surface area contributed by atoms with Gasteiger partial charge in [-0.3, -0.25) is 4.79 Å². The van der Waals surface area contributed by atoms with Crippen molar-refractivity contribution in [1.82, 2.24) is 20.1 Å². The maximum atomic E-state index is 13.1. The number of hydrogen-bond acceptors (Lipinski definition) is 5. The summed E-state index contributed by atoms with van der Waals surface area (Å²) in [7, 11) is 3.18. The summed E-state index contributed by atoms with van der Waals surface area (Å²) < 4.78 is 12.2. The van der Waals surface area contributed by atoms with Gasteiger partial charge in [-0.1, -0.05) is 35.9 Å². The van der Waals surface area contributed by atoms with E-state index in [0.717, 1.165) is 22.4 Å². The van der Waals surface area contributed by atoms with E-state index >= 15 is 0 Å². The molecule has 162 valence electrons. The molecule has 0 aliphatic rings. The van der Waals surface area contributed by atoms with E-state index in [1.165, 1.54) is 0 Å². The van der Waals surface area contributed by atoms with Crippen LogP contribution in [-0.2, 0) is 6.54 Å². The lowest BCUT2D eigenvalue weighted by atomic mass is 10.1. The van der Waals surface area contributed by atoms with Gasteiger partial charge >= 0.3 is 0 Å². The molecular formula is C25H24N4O3. The van der Waals surface area contributed by atoms with Crippen LogP contribution < -0.4 is 14.8 Å². The highest BCUT2D eigenvalue weighted by atomic mass is 16.5. The molecule has 0 aliphatic carbocycles. The fourth-order valence-corrected chi connectivity index (χ4v) is 3.27. The molecule has 4 rings (SSSR count). The van der Waals surface area contributed by atoms with Crippen molar-refractivity contribution in [3.8, 4) is 28.6 Å². The predicted molar refractivity (Wildman–Crippen MR) is 122 cm³/mol. The van der Waals surface area contributed by atoms with Gasteiger partial charge in [0.1, 0.15) is 11.4 Å². The van der Waals surface area contributed by atoms with Gasteiger partial charge in [-0.25, -0.2) is 9.67 Å². The molecule has 1 amide bonds. The van der Waals surface area contributed by atoms with Crippen molar-refractivity contribution < 1.29 is 14.3 Å². The molecule has 0 bridgehead atoms. The third-order valence-electron chi connectivity index (χ3n) is 5.06. The predicted octanol–water partition coefficient (Wildman–Crippen LogP) is 4.19. The van der Waals surface area contributed by atoms with Crippen molar-refractivity contribution in [3.63, 3.8) is 0 Å². The van der Waals surface area contributed by atoms with Crippen molar-refractivity contribution in [2.24, 2.45) is 0 Å². The second kappa shape index (κ2) is 9.34. The van der Waals surface area contributed by atoms with E-state index in [9.17, 15) is 4.79 Å². The molecule has 0 spiro atoms. The molecule has 7 nitrogen and oxygen atoms in total. The molecular weight excluding hydrogens is 404 g/mol. The molecule has 1 N–H and O–H groups in total. The lowest BCUT2D eigenvalue weighted by Gasteiger charge is -2.07. The number of rotatable bonds is 7. The highest BCUT2D eigenvalue weighted by Crippen LogP contribution is 2.27. The van der Waals surface area contributed by atoms with E-state index < -0.39 is 0 Å². The average Bonchev–Trinajstić information content (AvgIpc) is 3.29. The number of carbonyl (C=O) groups is 1. The smallest absolute Gasteiger partial charge is 0.255 e. The Morgan fingerprint density at radius 1 is 1.03 bits per heavy atom. The molecule has 0 saturated heterocycles. The van der Waals surface area contributed by atoms with Gasteiger partial charge in [0.15, 0.2) is 0 Å². The second-order valence-electron chi connectivity index (χ2n) is 7.29. The van der Waals surface area contributed by atoms with Crippen LogP contribution in [-0.4, -0.2) is 34.9 Å². The number of ether oxygens (including phenoxy) is 2. The number of hydrogen-bond donors (Lipinski definition) is 1. The largest absolute Gasteiger partial charge is 0.497 e. The zero-order valence-electron chi connectivity index (χ0n) is 18.2. The molecule has 0 saturated carbocycles. The zero-order chi connectivity index (χ0) is 22.5. The normalized spacial score (nSPS) is 10.6. The Labute approximate surface area is 186 Å². The third-order valence-corrected chi connectivity index (χ3v) is 5.06. The van der Waals surface area contributed by atoms with E-state index in [1.807, 2.05) is 61.5 Å². The molecule has 0 fully saturated rings. The van der Waals surface area contributed by atoms with Crippen LogP contribution in [0, 0.1) is 6.92 Å². The number of nitrogens with zero attached hydrogens (tertiary/aromatic N) is 3. The highest BCUT2D eigenvalue weighted by molar-refractivity contribution is 6.00. The number of carbonyl (C=O) groups excluding carboxylic acids is 1. The summed E-state index contributed by atoms with van der Waals surface area (Å²) in [5.74, 6) is 1.000. The first-order valence-corrected chi connectivity index (χ1v) is 10.2. The Morgan fingerprint density at radius 2 is 1.84 bits per heavy atom. The second-order valence-corrected chi connectivity index (χ2v) is 7.29. The topological polar surface area (TPSA) is 78.3 Å². The van der Waals surface area contributed by atoms with Crippen LogP contribution in [0.1, 0.15) is 21.5 Å². The summed E-state index contributed by atoms with van der Waals surface area (Å²) in [6.45, 7) is 2.37. The zero-order valence-corrected chi connectivity index (χ0v) is 18.2. The van der Waals surface area contributed by atoms with Crippen LogP contribution in [0.4, 0.5) is 0 Å². The van der Waals surface area contributed by atoms with E-state index in [4.69, 9.17) is 14.6 Å². The first kappa shape index (κ1) is 21.1. The fraction of sp³-hybridized carbons (Fsp3) is 0.160. The molecule has 0 unspecified atom stereocenters. The summed E-state index contributed by atoms with van der Waals surface area (Å²) in [4.78, 5) is 17.3. The molecule has 2 heterocycles. The van der Waals surface area contributed by atoms with E-state index in [2.05, 4.69) is 10.3 Å². The van der Waals surface area contributed by atoms with Crippen LogP contribution in [0.3, 0.4) is 0 Å². The van der Waals surface area contributed by atoms with Gasteiger partial charge in [-0.15, -0.1) is 0 Å². The van der Waals surface area contributed by atoms with E-state index in [1.54, 1.807) is 37.4 Å². The number of benzene rings is 2. The molecule has 7 heteroatoms. The Kier molecular flexibility index (Phi) is 6.17. The van der Waals surface area contributed by atoms with E-state index in [-0.39, 0.29) is 5.91 Å². The molecule has 32 heavy (non-hydrogen) atoms. The first-order valence-electron chi connectivity index (χ1n) is 10.2. The minimum atomic E-state index is -0.225. The number of nitrogens with one attached hydrogen (secondary N) is 1. The van der Waals surface area contributed by atoms with Gasteiger partial charge in [0.2, 0.25) is 5.88 Å². The summed E-state index contributed by atoms with van der Waals surface area (Å²) in [5.41, 5.74) is 4.74. The van der Waals surface area contributed by atoms with Gasteiger partial charge in [0.05, 0.1) is 25.5 Å². The number of aromatic nitrogens is 3. The van der Waals surface area contributed by atoms with Crippen LogP contribution in [0.2, 0.25) is 0 Å². The summed E-state index contributed by atoms with van der Waals surface area (Å²) in [6.07, 6.45) is 3.43. The van der Waals surface area contributed by atoms with Gasteiger partial charge in [0.25, 0.3) is 5.91 Å². The summed E-state index contributed by atoms with van der Waals surface area (Å²) in [5, 5.41) is 7.69. The quantitative estimate of drug-likeness (QED) is 0.478.